The van der Waals surface area contributed by atoms with Gasteiger partial charge in [0.1, 0.15) is 0 Å². The van der Waals surface area contributed by atoms with Crippen LogP contribution in [0.25, 0.3) is 0 Å². The van der Waals surface area contributed by atoms with Crippen LogP contribution in [-0.2, 0) is 20.7 Å². The monoisotopic (exact) mass is 281 g/mol. The van der Waals surface area contributed by atoms with Crippen LogP contribution in [0.4, 0.5) is 0 Å². The van der Waals surface area contributed by atoms with Crippen LogP contribution in [0.2, 0.25) is 0 Å². The molecule has 0 aromatic carbocycles. The van der Waals surface area contributed by atoms with Gasteiger partial charge in [-0.3, -0.25) is 9.59 Å². The molecule has 0 spiro atoms. The number of ether oxygens (including phenoxy) is 1. The summed E-state index contributed by atoms with van der Waals surface area (Å²) >= 11 is 1.74. The molecule has 0 radical (unpaired) electrons. The Morgan fingerprint density at radius 1 is 1.53 bits per heavy atom. The number of aryl methyl sites for hydroxylation is 1. The third-order valence-electron chi connectivity index (χ3n) is 3.61. The smallest absolute Gasteiger partial charge is 0.307 e. The molecule has 0 saturated heterocycles. The van der Waals surface area contributed by atoms with Crippen LogP contribution < -0.4 is 0 Å². The van der Waals surface area contributed by atoms with Crippen molar-refractivity contribution >= 4 is 23.2 Å². The van der Waals surface area contributed by atoms with Crippen molar-refractivity contribution in [3.8, 4) is 0 Å². The lowest BCUT2D eigenvalue weighted by atomic mass is 9.87. The minimum atomic E-state index is -0.278. The fourth-order valence-corrected chi connectivity index (χ4v) is 3.47. The van der Waals surface area contributed by atoms with Gasteiger partial charge in [0.15, 0.2) is 0 Å². The van der Waals surface area contributed by atoms with Crippen molar-refractivity contribution in [1.82, 2.24) is 4.90 Å². The highest BCUT2D eigenvalue weighted by Crippen LogP contribution is 2.35. The van der Waals surface area contributed by atoms with E-state index in [1.165, 1.54) is 17.6 Å². The van der Waals surface area contributed by atoms with E-state index in [1.807, 2.05) is 0 Å². The maximum atomic E-state index is 12.4. The van der Waals surface area contributed by atoms with Gasteiger partial charge >= 0.3 is 5.97 Å². The van der Waals surface area contributed by atoms with E-state index in [2.05, 4.69) is 16.2 Å². The molecule has 0 bridgehead atoms. The summed E-state index contributed by atoms with van der Waals surface area (Å²) in [7, 11) is 3.12. The van der Waals surface area contributed by atoms with Crippen LogP contribution in [0.1, 0.15) is 35.6 Å². The van der Waals surface area contributed by atoms with Gasteiger partial charge in [0.25, 0.3) is 0 Å². The van der Waals surface area contributed by atoms with E-state index in [0.717, 1.165) is 19.3 Å². The number of thiophene rings is 1. The summed E-state index contributed by atoms with van der Waals surface area (Å²) in [5, 5.41) is 2.06. The SMILES string of the molecule is COC(=O)CCN(C)C(=O)C1CCCc2sccc21. The summed E-state index contributed by atoms with van der Waals surface area (Å²) in [6, 6.07) is 2.07. The number of rotatable bonds is 4. The average Bonchev–Trinajstić information content (AvgIpc) is 2.91. The first kappa shape index (κ1) is 14.1. The zero-order chi connectivity index (χ0) is 13.8. The van der Waals surface area contributed by atoms with Gasteiger partial charge in [-0.15, -0.1) is 11.3 Å². The fraction of sp³-hybridized carbons (Fsp3) is 0.571. The molecule has 19 heavy (non-hydrogen) atoms. The predicted octanol–water partition coefficient (Wildman–Crippen LogP) is 2.19. The molecule has 1 aliphatic carbocycles. The Balaban J connectivity index is 1.99. The van der Waals surface area contributed by atoms with Gasteiger partial charge in [0, 0.05) is 18.5 Å². The Kier molecular flexibility index (Phi) is 4.58. The number of likely N-dealkylation sites (N-methyl/N-ethyl adjacent to an activating group) is 1. The number of methoxy groups -OCH3 is 1. The zero-order valence-corrected chi connectivity index (χ0v) is 12.2. The molecule has 1 aromatic rings. The number of esters is 1. The topological polar surface area (TPSA) is 46.6 Å². The molecule has 1 unspecified atom stereocenters. The summed E-state index contributed by atoms with van der Waals surface area (Å²) < 4.78 is 4.59. The van der Waals surface area contributed by atoms with E-state index in [0.29, 0.717) is 6.54 Å². The molecular weight excluding hydrogens is 262 g/mol. The maximum Gasteiger partial charge on any atom is 0.307 e. The Bertz CT molecular complexity index is 469. The van der Waals surface area contributed by atoms with E-state index < -0.39 is 0 Å². The summed E-state index contributed by atoms with van der Waals surface area (Å²) in [6.45, 7) is 0.418. The first-order valence-electron chi connectivity index (χ1n) is 6.51. The summed E-state index contributed by atoms with van der Waals surface area (Å²) in [4.78, 5) is 26.5. The third kappa shape index (κ3) is 3.15. The van der Waals surface area contributed by atoms with Crippen LogP contribution in [-0.4, -0.2) is 37.5 Å². The summed E-state index contributed by atoms with van der Waals surface area (Å²) in [5.74, 6) is -0.194. The Morgan fingerprint density at radius 2 is 2.32 bits per heavy atom. The van der Waals surface area contributed by atoms with Crippen molar-refractivity contribution in [1.29, 1.82) is 0 Å². The molecule has 1 aliphatic rings. The first-order valence-corrected chi connectivity index (χ1v) is 7.39. The van der Waals surface area contributed by atoms with Gasteiger partial charge in [0.2, 0.25) is 5.91 Å². The van der Waals surface area contributed by atoms with E-state index in [4.69, 9.17) is 0 Å². The van der Waals surface area contributed by atoms with Crippen molar-refractivity contribution in [2.24, 2.45) is 0 Å². The lowest BCUT2D eigenvalue weighted by Crippen LogP contribution is -2.34. The Labute approximate surface area is 117 Å². The molecule has 104 valence electrons. The quantitative estimate of drug-likeness (QED) is 0.795. The molecule has 5 heteroatoms. The van der Waals surface area contributed by atoms with Crippen LogP contribution in [0.5, 0.6) is 0 Å². The van der Waals surface area contributed by atoms with Gasteiger partial charge in [-0.1, -0.05) is 0 Å². The van der Waals surface area contributed by atoms with Gasteiger partial charge in [-0.25, -0.2) is 0 Å². The van der Waals surface area contributed by atoms with Crippen LogP contribution in [0.3, 0.4) is 0 Å². The van der Waals surface area contributed by atoms with Crippen molar-refractivity contribution < 1.29 is 14.3 Å². The van der Waals surface area contributed by atoms with Crippen LogP contribution >= 0.6 is 11.3 Å². The molecule has 1 aromatic heterocycles. The summed E-state index contributed by atoms with van der Waals surface area (Å²) in [6.07, 6.45) is 3.31. The van der Waals surface area contributed by atoms with Crippen molar-refractivity contribution in [3.05, 3.63) is 21.9 Å². The molecule has 4 nitrogen and oxygen atoms in total. The number of carbonyl (C=O) groups excluding carboxylic acids is 2. The number of hydrogen-bond acceptors (Lipinski definition) is 4. The highest BCUT2D eigenvalue weighted by atomic mass is 32.1. The van der Waals surface area contributed by atoms with Gasteiger partial charge < -0.3 is 9.64 Å². The number of fused-ring (bicyclic) bond motifs is 1. The third-order valence-corrected chi connectivity index (χ3v) is 4.60. The highest BCUT2D eigenvalue weighted by molar-refractivity contribution is 7.10. The van der Waals surface area contributed by atoms with Gasteiger partial charge in [-0.2, -0.15) is 0 Å². The van der Waals surface area contributed by atoms with E-state index in [1.54, 1.807) is 23.3 Å². The Hall–Kier alpha value is -1.36. The molecule has 1 amide bonds. The van der Waals surface area contributed by atoms with Crippen molar-refractivity contribution in [3.63, 3.8) is 0 Å². The molecular formula is C14H19NO3S. The maximum absolute atomic E-state index is 12.4. The number of carbonyl (C=O) groups is 2. The first-order chi connectivity index (χ1) is 9.13. The van der Waals surface area contributed by atoms with Gasteiger partial charge in [0.05, 0.1) is 19.4 Å². The molecule has 1 heterocycles. The van der Waals surface area contributed by atoms with E-state index in [-0.39, 0.29) is 24.2 Å². The van der Waals surface area contributed by atoms with Crippen LogP contribution in [0, 0.1) is 0 Å². The Morgan fingerprint density at radius 3 is 3.05 bits per heavy atom. The minimum absolute atomic E-state index is 0.0300. The zero-order valence-electron chi connectivity index (χ0n) is 11.3. The number of amides is 1. The molecule has 1 atom stereocenters. The normalized spacial score (nSPS) is 17.7. The van der Waals surface area contributed by atoms with Crippen molar-refractivity contribution in [2.75, 3.05) is 20.7 Å². The molecule has 0 saturated carbocycles. The number of nitrogens with zero attached hydrogens (tertiary/aromatic N) is 1. The molecule has 0 N–H and O–H groups in total. The van der Waals surface area contributed by atoms with Gasteiger partial charge in [-0.05, 0) is 36.3 Å². The largest absolute Gasteiger partial charge is 0.469 e. The number of hydrogen-bond donors (Lipinski definition) is 0. The second-order valence-corrected chi connectivity index (χ2v) is 5.83. The van der Waals surface area contributed by atoms with Crippen molar-refractivity contribution in [2.45, 2.75) is 31.6 Å². The standard InChI is InChI=1S/C14H19NO3S/c1-15(8-6-13(16)18-2)14(17)11-4-3-5-12-10(11)7-9-19-12/h7,9,11H,3-6,8H2,1-2H3. The highest BCUT2D eigenvalue weighted by Gasteiger charge is 2.29. The minimum Gasteiger partial charge on any atom is -0.469 e. The lowest BCUT2D eigenvalue weighted by molar-refractivity contribution is -0.141. The van der Waals surface area contributed by atoms with E-state index >= 15 is 0 Å². The van der Waals surface area contributed by atoms with Crippen LogP contribution in [0.15, 0.2) is 11.4 Å². The molecule has 0 aliphatic heterocycles. The molecule has 2 rings (SSSR count). The summed E-state index contributed by atoms with van der Waals surface area (Å²) in [5.41, 5.74) is 1.19. The fourth-order valence-electron chi connectivity index (χ4n) is 2.48. The van der Waals surface area contributed by atoms with E-state index in [9.17, 15) is 9.59 Å². The molecule has 0 fully saturated rings. The second-order valence-electron chi connectivity index (χ2n) is 4.83. The average molecular weight is 281 g/mol. The lowest BCUT2D eigenvalue weighted by Gasteiger charge is -2.26. The predicted molar refractivity (Wildman–Crippen MR) is 74.3 cm³/mol. The second kappa shape index (κ2) is 6.19.